The van der Waals surface area contributed by atoms with Gasteiger partial charge in [0.25, 0.3) is 0 Å². The molecule has 4 nitrogen and oxygen atoms in total. The van der Waals surface area contributed by atoms with Crippen molar-refractivity contribution in [3.63, 3.8) is 0 Å². The third kappa shape index (κ3) is 2.71. The van der Waals surface area contributed by atoms with Gasteiger partial charge in [0.2, 0.25) is 0 Å². The number of rotatable bonds is 5. The van der Waals surface area contributed by atoms with Crippen molar-refractivity contribution in [3.8, 4) is 11.5 Å². The van der Waals surface area contributed by atoms with Gasteiger partial charge in [0.15, 0.2) is 5.82 Å². The summed E-state index contributed by atoms with van der Waals surface area (Å²) in [7, 11) is 0. The van der Waals surface area contributed by atoms with Crippen molar-refractivity contribution < 1.29 is 0 Å². The first kappa shape index (κ1) is 14.2. The van der Waals surface area contributed by atoms with Crippen LogP contribution in [0.2, 0.25) is 0 Å². The van der Waals surface area contributed by atoms with E-state index in [9.17, 15) is 0 Å². The SMILES string of the molecule is CCCn1c(-c2csc(CCN)n2)nc2cc(C)ccc21. The molecule has 0 saturated heterocycles. The highest BCUT2D eigenvalue weighted by Crippen LogP contribution is 2.27. The van der Waals surface area contributed by atoms with Gasteiger partial charge in [-0.2, -0.15) is 0 Å². The first-order valence-electron chi connectivity index (χ1n) is 7.34. The largest absolute Gasteiger partial charge is 0.330 e. The van der Waals surface area contributed by atoms with Crippen molar-refractivity contribution in [2.45, 2.75) is 33.2 Å². The van der Waals surface area contributed by atoms with Gasteiger partial charge in [0, 0.05) is 18.3 Å². The summed E-state index contributed by atoms with van der Waals surface area (Å²) in [6, 6.07) is 6.43. The fourth-order valence-electron chi connectivity index (χ4n) is 2.54. The number of imidazole rings is 1. The van der Waals surface area contributed by atoms with Gasteiger partial charge < -0.3 is 10.3 Å². The molecule has 2 heterocycles. The Bertz CT molecular complexity index is 757. The summed E-state index contributed by atoms with van der Waals surface area (Å²) < 4.78 is 2.27. The highest BCUT2D eigenvalue weighted by Gasteiger charge is 2.14. The molecule has 0 bridgehead atoms. The lowest BCUT2D eigenvalue weighted by molar-refractivity contribution is 0.702. The Morgan fingerprint density at radius 2 is 2.14 bits per heavy atom. The number of aromatic nitrogens is 3. The van der Waals surface area contributed by atoms with E-state index in [1.54, 1.807) is 11.3 Å². The van der Waals surface area contributed by atoms with E-state index < -0.39 is 0 Å². The van der Waals surface area contributed by atoms with Crippen LogP contribution in [0, 0.1) is 6.92 Å². The Morgan fingerprint density at radius 3 is 2.90 bits per heavy atom. The zero-order valence-electron chi connectivity index (χ0n) is 12.5. The molecule has 1 aromatic carbocycles. The average Bonchev–Trinajstić information content (AvgIpc) is 3.04. The number of hydrogen-bond acceptors (Lipinski definition) is 4. The van der Waals surface area contributed by atoms with E-state index in [1.165, 1.54) is 11.1 Å². The number of fused-ring (bicyclic) bond motifs is 1. The van der Waals surface area contributed by atoms with E-state index in [-0.39, 0.29) is 0 Å². The Labute approximate surface area is 128 Å². The highest BCUT2D eigenvalue weighted by atomic mass is 32.1. The molecule has 0 amide bonds. The Balaban J connectivity index is 2.12. The van der Waals surface area contributed by atoms with Crippen LogP contribution in [0.5, 0.6) is 0 Å². The van der Waals surface area contributed by atoms with Crippen LogP contribution in [-0.4, -0.2) is 21.1 Å². The molecular formula is C16H20N4S. The van der Waals surface area contributed by atoms with Gasteiger partial charge in [-0.3, -0.25) is 0 Å². The number of thiazole rings is 1. The van der Waals surface area contributed by atoms with Crippen LogP contribution in [-0.2, 0) is 13.0 Å². The number of benzene rings is 1. The zero-order chi connectivity index (χ0) is 14.8. The summed E-state index contributed by atoms with van der Waals surface area (Å²) in [6.45, 7) is 5.88. The van der Waals surface area contributed by atoms with Crippen LogP contribution in [0.25, 0.3) is 22.6 Å². The third-order valence-electron chi connectivity index (χ3n) is 3.49. The molecule has 0 aliphatic carbocycles. The lowest BCUT2D eigenvalue weighted by atomic mass is 10.2. The molecule has 21 heavy (non-hydrogen) atoms. The van der Waals surface area contributed by atoms with E-state index in [4.69, 9.17) is 10.7 Å². The van der Waals surface area contributed by atoms with Crippen molar-refractivity contribution in [1.29, 1.82) is 0 Å². The predicted molar refractivity (Wildman–Crippen MR) is 88.6 cm³/mol. The van der Waals surface area contributed by atoms with E-state index in [2.05, 4.69) is 47.0 Å². The summed E-state index contributed by atoms with van der Waals surface area (Å²) in [5.41, 5.74) is 10.0. The van der Waals surface area contributed by atoms with E-state index in [0.717, 1.165) is 41.4 Å². The predicted octanol–water partition coefficient (Wildman–Crippen LogP) is 3.38. The van der Waals surface area contributed by atoms with Crippen LogP contribution < -0.4 is 5.73 Å². The van der Waals surface area contributed by atoms with Gasteiger partial charge in [-0.25, -0.2) is 9.97 Å². The molecule has 3 aromatic rings. The molecule has 110 valence electrons. The van der Waals surface area contributed by atoms with Gasteiger partial charge in [-0.05, 0) is 37.6 Å². The minimum absolute atomic E-state index is 0.636. The quantitative estimate of drug-likeness (QED) is 0.786. The van der Waals surface area contributed by atoms with Crippen molar-refractivity contribution in [3.05, 3.63) is 34.2 Å². The molecule has 3 rings (SSSR count). The monoisotopic (exact) mass is 300 g/mol. The maximum Gasteiger partial charge on any atom is 0.160 e. The van der Waals surface area contributed by atoms with Crippen LogP contribution in [0.1, 0.15) is 23.9 Å². The molecule has 2 aromatic heterocycles. The number of nitrogens with zero attached hydrogens (tertiary/aromatic N) is 3. The number of nitrogens with two attached hydrogens (primary N) is 1. The topological polar surface area (TPSA) is 56.7 Å². The second-order valence-electron chi connectivity index (χ2n) is 5.24. The highest BCUT2D eigenvalue weighted by molar-refractivity contribution is 7.09. The van der Waals surface area contributed by atoms with Crippen LogP contribution >= 0.6 is 11.3 Å². The van der Waals surface area contributed by atoms with Crippen LogP contribution in [0.4, 0.5) is 0 Å². The maximum atomic E-state index is 5.61. The van der Waals surface area contributed by atoms with Crippen LogP contribution in [0.3, 0.4) is 0 Å². The molecule has 0 spiro atoms. The van der Waals surface area contributed by atoms with Crippen molar-refractivity contribution in [1.82, 2.24) is 14.5 Å². The van der Waals surface area contributed by atoms with Crippen molar-refractivity contribution >= 4 is 22.4 Å². The number of aryl methyl sites for hydroxylation is 2. The molecule has 0 unspecified atom stereocenters. The lowest BCUT2D eigenvalue weighted by Gasteiger charge is -2.05. The summed E-state index contributed by atoms with van der Waals surface area (Å²) in [5.74, 6) is 0.969. The summed E-state index contributed by atoms with van der Waals surface area (Å²) in [4.78, 5) is 9.50. The summed E-state index contributed by atoms with van der Waals surface area (Å²) in [5, 5.41) is 3.17. The molecular weight excluding hydrogens is 280 g/mol. The van der Waals surface area contributed by atoms with Gasteiger partial charge in [0.1, 0.15) is 5.69 Å². The molecule has 0 aliphatic rings. The first-order chi connectivity index (χ1) is 10.2. The van der Waals surface area contributed by atoms with Crippen molar-refractivity contribution in [2.75, 3.05) is 6.54 Å². The first-order valence-corrected chi connectivity index (χ1v) is 8.22. The van der Waals surface area contributed by atoms with Gasteiger partial charge in [-0.1, -0.05) is 13.0 Å². The molecule has 5 heteroatoms. The van der Waals surface area contributed by atoms with E-state index in [0.29, 0.717) is 6.54 Å². The number of hydrogen-bond donors (Lipinski definition) is 1. The summed E-state index contributed by atoms with van der Waals surface area (Å²) in [6.07, 6.45) is 1.91. The van der Waals surface area contributed by atoms with Gasteiger partial charge in [0.05, 0.1) is 16.0 Å². The fourth-order valence-corrected chi connectivity index (χ4v) is 3.33. The van der Waals surface area contributed by atoms with E-state index in [1.807, 2.05) is 0 Å². The second kappa shape index (κ2) is 5.95. The average molecular weight is 300 g/mol. The Morgan fingerprint density at radius 1 is 1.29 bits per heavy atom. The Kier molecular flexibility index (Phi) is 4.03. The Hall–Kier alpha value is -1.72. The van der Waals surface area contributed by atoms with E-state index >= 15 is 0 Å². The molecule has 0 fully saturated rings. The molecule has 0 atom stereocenters. The second-order valence-corrected chi connectivity index (χ2v) is 6.19. The zero-order valence-corrected chi connectivity index (χ0v) is 13.3. The molecule has 0 saturated carbocycles. The van der Waals surface area contributed by atoms with Gasteiger partial charge in [-0.15, -0.1) is 11.3 Å². The van der Waals surface area contributed by atoms with Crippen LogP contribution in [0.15, 0.2) is 23.6 Å². The third-order valence-corrected chi connectivity index (χ3v) is 4.40. The smallest absolute Gasteiger partial charge is 0.160 e. The minimum atomic E-state index is 0.636. The van der Waals surface area contributed by atoms with Gasteiger partial charge >= 0.3 is 0 Å². The molecule has 0 radical (unpaired) electrons. The standard InChI is InChI=1S/C16H20N4S/c1-3-8-20-14-5-4-11(2)9-12(14)19-16(20)13-10-21-15(18-13)6-7-17/h4-5,9-10H,3,6-8,17H2,1-2H3. The molecule has 2 N–H and O–H groups in total. The molecule has 0 aliphatic heterocycles. The normalized spacial score (nSPS) is 11.4. The fraction of sp³-hybridized carbons (Fsp3) is 0.375. The minimum Gasteiger partial charge on any atom is -0.330 e. The lowest BCUT2D eigenvalue weighted by Crippen LogP contribution is -2.03. The summed E-state index contributed by atoms with van der Waals surface area (Å²) >= 11 is 1.66. The maximum absolute atomic E-state index is 5.61. The van der Waals surface area contributed by atoms with Crippen molar-refractivity contribution in [2.24, 2.45) is 5.73 Å².